The summed E-state index contributed by atoms with van der Waals surface area (Å²) in [6.07, 6.45) is 0.937. The standard InChI is InChI=1S/C10H12N4O/c1-2-7-5-3-4-6-8(7)12-10-14-13-9(11)15-10/h3-6H,2H2,1H3,(H2,11,13)(H,12,14). The summed E-state index contributed by atoms with van der Waals surface area (Å²) in [4.78, 5) is 0. The van der Waals surface area contributed by atoms with Gasteiger partial charge in [-0.25, -0.2) is 0 Å². The maximum atomic E-state index is 5.32. The topological polar surface area (TPSA) is 77.0 Å². The van der Waals surface area contributed by atoms with Crippen molar-refractivity contribution in [2.45, 2.75) is 13.3 Å². The van der Waals surface area contributed by atoms with Gasteiger partial charge in [-0.3, -0.25) is 0 Å². The van der Waals surface area contributed by atoms with Gasteiger partial charge in [0.25, 0.3) is 0 Å². The molecule has 1 aromatic carbocycles. The van der Waals surface area contributed by atoms with E-state index < -0.39 is 0 Å². The molecule has 0 radical (unpaired) electrons. The van der Waals surface area contributed by atoms with Gasteiger partial charge in [0, 0.05) is 5.69 Å². The van der Waals surface area contributed by atoms with E-state index in [4.69, 9.17) is 10.2 Å². The van der Waals surface area contributed by atoms with Crippen LogP contribution in [0.1, 0.15) is 12.5 Å². The van der Waals surface area contributed by atoms with Gasteiger partial charge in [-0.2, -0.15) is 0 Å². The van der Waals surface area contributed by atoms with Gasteiger partial charge >= 0.3 is 12.0 Å². The quantitative estimate of drug-likeness (QED) is 0.799. The first kappa shape index (κ1) is 9.51. The van der Waals surface area contributed by atoms with Crippen molar-refractivity contribution in [1.82, 2.24) is 10.2 Å². The molecule has 0 bridgehead atoms. The Morgan fingerprint density at radius 3 is 2.80 bits per heavy atom. The molecule has 2 rings (SSSR count). The molecule has 15 heavy (non-hydrogen) atoms. The monoisotopic (exact) mass is 204 g/mol. The van der Waals surface area contributed by atoms with Gasteiger partial charge in [-0.1, -0.05) is 35.3 Å². The molecule has 3 N–H and O–H groups in total. The summed E-state index contributed by atoms with van der Waals surface area (Å²) in [5, 5.41) is 10.3. The number of nitrogens with zero attached hydrogens (tertiary/aromatic N) is 2. The van der Waals surface area contributed by atoms with Crippen LogP contribution in [0.3, 0.4) is 0 Å². The first-order chi connectivity index (χ1) is 7.29. The molecule has 1 heterocycles. The highest BCUT2D eigenvalue weighted by atomic mass is 16.4. The van der Waals surface area contributed by atoms with Gasteiger partial charge in [-0.15, -0.1) is 0 Å². The molecule has 0 atom stereocenters. The zero-order valence-electron chi connectivity index (χ0n) is 8.40. The van der Waals surface area contributed by atoms with Crippen molar-refractivity contribution in [3.63, 3.8) is 0 Å². The fourth-order valence-corrected chi connectivity index (χ4v) is 1.35. The SMILES string of the molecule is CCc1ccccc1Nc1nnc(N)o1. The average molecular weight is 204 g/mol. The van der Waals surface area contributed by atoms with Crippen LogP contribution in [0.15, 0.2) is 28.7 Å². The maximum Gasteiger partial charge on any atom is 0.321 e. The number of benzene rings is 1. The first-order valence-electron chi connectivity index (χ1n) is 4.73. The average Bonchev–Trinajstić information content (AvgIpc) is 2.65. The highest BCUT2D eigenvalue weighted by Gasteiger charge is 2.05. The maximum absolute atomic E-state index is 5.32. The van der Waals surface area contributed by atoms with Gasteiger partial charge in [0.2, 0.25) is 0 Å². The summed E-state index contributed by atoms with van der Waals surface area (Å²) in [5.74, 6) is 0. The number of nitrogens with two attached hydrogens (primary N) is 1. The summed E-state index contributed by atoms with van der Waals surface area (Å²) < 4.78 is 5.03. The molecule has 78 valence electrons. The van der Waals surface area contributed by atoms with Crippen LogP contribution in [0.2, 0.25) is 0 Å². The van der Waals surface area contributed by atoms with Crippen LogP contribution in [-0.4, -0.2) is 10.2 Å². The number of aromatic nitrogens is 2. The number of para-hydroxylation sites is 1. The summed E-state index contributed by atoms with van der Waals surface area (Å²) in [6.45, 7) is 2.09. The molecule has 0 saturated carbocycles. The Labute approximate surface area is 87.3 Å². The van der Waals surface area contributed by atoms with E-state index in [0.29, 0.717) is 6.01 Å². The van der Waals surface area contributed by atoms with E-state index in [2.05, 4.69) is 22.4 Å². The molecule has 0 fully saturated rings. The van der Waals surface area contributed by atoms with Crippen molar-refractivity contribution < 1.29 is 4.42 Å². The second-order valence-electron chi connectivity index (χ2n) is 3.08. The van der Waals surface area contributed by atoms with Crippen LogP contribution in [0.5, 0.6) is 0 Å². The minimum atomic E-state index is 0.0616. The third kappa shape index (κ3) is 2.07. The molecule has 0 unspecified atom stereocenters. The van der Waals surface area contributed by atoms with Crippen molar-refractivity contribution in [2.75, 3.05) is 11.1 Å². The Morgan fingerprint density at radius 2 is 2.13 bits per heavy atom. The molecule has 0 aliphatic rings. The number of rotatable bonds is 3. The molecule has 2 aromatic rings. The van der Waals surface area contributed by atoms with Crippen molar-refractivity contribution >= 4 is 17.7 Å². The van der Waals surface area contributed by atoms with E-state index >= 15 is 0 Å². The van der Waals surface area contributed by atoms with Crippen LogP contribution in [0.4, 0.5) is 17.7 Å². The number of nitrogen functional groups attached to an aromatic ring is 1. The fourth-order valence-electron chi connectivity index (χ4n) is 1.35. The van der Waals surface area contributed by atoms with Crippen molar-refractivity contribution in [3.05, 3.63) is 29.8 Å². The number of aryl methyl sites for hydroxylation is 1. The molecule has 5 nitrogen and oxygen atoms in total. The molecular weight excluding hydrogens is 192 g/mol. The minimum absolute atomic E-state index is 0.0616. The number of nitrogens with one attached hydrogen (secondary N) is 1. The van der Waals surface area contributed by atoms with Crippen LogP contribution in [-0.2, 0) is 6.42 Å². The lowest BCUT2D eigenvalue weighted by atomic mass is 10.1. The third-order valence-electron chi connectivity index (χ3n) is 2.08. The van der Waals surface area contributed by atoms with E-state index in [1.165, 1.54) is 5.56 Å². The number of anilines is 3. The second-order valence-corrected chi connectivity index (χ2v) is 3.08. The number of hydrogen-bond donors (Lipinski definition) is 2. The zero-order valence-corrected chi connectivity index (χ0v) is 8.40. The Bertz CT molecular complexity index is 452. The van der Waals surface area contributed by atoms with Gasteiger partial charge in [0.05, 0.1) is 0 Å². The van der Waals surface area contributed by atoms with Crippen molar-refractivity contribution in [1.29, 1.82) is 0 Å². The highest BCUT2D eigenvalue weighted by Crippen LogP contribution is 2.20. The fraction of sp³-hybridized carbons (Fsp3) is 0.200. The molecule has 0 spiro atoms. The summed E-state index contributed by atoms with van der Waals surface area (Å²) >= 11 is 0. The molecular formula is C10H12N4O. The summed E-state index contributed by atoms with van der Waals surface area (Å²) in [6, 6.07) is 8.31. The highest BCUT2D eigenvalue weighted by molar-refractivity contribution is 5.57. The largest absolute Gasteiger partial charge is 0.389 e. The predicted octanol–water partition coefficient (Wildman–Crippen LogP) is 1.96. The normalized spacial score (nSPS) is 10.2. The predicted molar refractivity (Wildman–Crippen MR) is 57.8 cm³/mol. The van der Waals surface area contributed by atoms with Gasteiger partial charge in [-0.05, 0) is 18.1 Å². The lowest BCUT2D eigenvalue weighted by Crippen LogP contribution is -1.94. The minimum Gasteiger partial charge on any atom is -0.389 e. The van der Waals surface area contributed by atoms with E-state index in [1.807, 2.05) is 24.3 Å². The van der Waals surface area contributed by atoms with Crippen molar-refractivity contribution in [3.8, 4) is 0 Å². The smallest absolute Gasteiger partial charge is 0.321 e. The Kier molecular flexibility index (Phi) is 2.53. The molecule has 0 saturated heterocycles. The van der Waals surface area contributed by atoms with E-state index in [0.717, 1.165) is 12.1 Å². The third-order valence-corrected chi connectivity index (χ3v) is 2.08. The van der Waals surface area contributed by atoms with E-state index in [9.17, 15) is 0 Å². The second kappa shape index (κ2) is 4.00. The van der Waals surface area contributed by atoms with Crippen LogP contribution < -0.4 is 11.1 Å². The molecule has 0 amide bonds. The lowest BCUT2D eigenvalue weighted by molar-refractivity contribution is 0.593. The Hall–Kier alpha value is -2.04. The van der Waals surface area contributed by atoms with Gasteiger partial charge in [0.15, 0.2) is 0 Å². The molecule has 0 aliphatic heterocycles. The van der Waals surface area contributed by atoms with Crippen LogP contribution in [0.25, 0.3) is 0 Å². The van der Waals surface area contributed by atoms with Gasteiger partial charge < -0.3 is 15.5 Å². The summed E-state index contributed by atoms with van der Waals surface area (Å²) in [5.41, 5.74) is 7.47. The van der Waals surface area contributed by atoms with E-state index in [1.54, 1.807) is 0 Å². The molecule has 5 heteroatoms. The molecule has 1 aromatic heterocycles. The zero-order chi connectivity index (χ0) is 10.7. The van der Waals surface area contributed by atoms with Crippen molar-refractivity contribution in [2.24, 2.45) is 0 Å². The Balaban J connectivity index is 2.23. The Morgan fingerprint density at radius 1 is 1.33 bits per heavy atom. The molecule has 0 aliphatic carbocycles. The summed E-state index contributed by atoms with van der Waals surface area (Å²) in [7, 11) is 0. The first-order valence-corrected chi connectivity index (χ1v) is 4.73. The number of hydrogen-bond acceptors (Lipinski definition) is 5. The van der Waals surface area contributed by atoms with Crippen LogP contribution in [0, 0.1) is 0 Å². The van der Waals surface area contributed by atoms with E-state index in [-0.39, 0.29) is 6.01 Å². The van der Waals surface area contributed by atoms with Crippen LogP contribution >= 0.6 is 0 Å². The van der Waals surface area contributed by atoms with Gasteiger partial charge in [0.1, 0.15) is 0 Å². The lowest BCUT2D eigenvalue weighted by Gasteiger charge is -2.06.